The minimum Gasteiger partial charge on any atom is -0.312 e. The van der Waals surface area contributed by atoms with Crippen molar-refractivity contribution in [3.63, 3.8) is 0 Å². The molecule has 0 aliphatic carbocycles. The van der Waals surface area contributed by atoms with Crippen LogP contribution in [0.5, 0.6) is 0 Å². The Hall–Kier alpha value is -1.62. The maximum atomic E-state index is 4.17. The lowest BCUT2D eigenvalue weighted by atomic mass is 10.1. The highest BCUT2D eigenvalue weighted by atomic mass is 15.2. The van der Waals surface area contributed by atoms with Crippen molar-refractivity contribution >= 4 is 0 Å². The molecule has 2 aromatic rings. The summed E-state index contributed by atoms with van der Waals surface area (Å²) in [6, 6.07) is 0. The quantitative estimate of drug-likeness (QED) is 0.824. The van der Waals surface area contributed by atoms with Gasteiger partial charge in [-0.25, -0.2) is 0 Å². The second-order valence-corrected chi connectivity index (χ2v) is 4.70. The molecule has 0 fully saturated rings. The van der Waals surface area contributed by atoms with Crippen LogP contribution in [0.3, 0.4) is 0 Å². The van der Waals surface area contributed by atoms with Gasteiger partial charge in [-0.15, -0.1) is 0 Å². The van der Waals surface area contributed by atoms with Crippen molar-refractivity contribution in [3.8, 4) is 11.3 Å². The van der Waals surface area contributed by atoms with Crippen LogP contribution < -0.4 is 5.32 Å². The first-order valence-electron chi connectivity index (χ1n) is 5.89. The Balaban J connectivity index is 2.07. The third-order valence-corrected chi connectivity index (χ3v) is 2.58. The van der Waals surface area contributed by atoms with E-state index in [4.69, 9.17) is 0 Å². The van der Waals surface area contributed by atoms with E-state index < -0.39 is 0 Å². The molecule has 2 heterocycles. The average Bonchev–Trinajstić information content (AvgIpc) is 2.86. The topological polar surface area (TPSA) is 58.5 Å². The SMILES string of the molecule is CC(C)CNCc1cn[nH]c1-c1cnn(C)c1. The van der Waals surface area contributed by atoms with Gasteiger partial charge in [0.15, 0.2) is 0 Å². The Kier molecular flexibility index (Phi) is 3.58. The molecule has 0 atom stereocenters. The van der Waals surface area contributed by atoms with E-state index in [1.165, 1.54) is 5.56 Å². The molecule has 17 heavy (non-hydrogen) atoms. The minimum absolute atomic E-state index is 0.656. The fourth-order valence-electron chi connectivity index (χ4n) is 1.74. The molecule has 92 valence electrons. The molecule has 0 aliphatic rings. The number of rotatable bonds is 5. The number of nitrogens with zero attached hydrogens (tertiary/aromatic N) is 3. The van der Waals surface area contributed by atoms with Gasteiger partial charge >= 0.3 is 0 Å². The number of hydrogen-bond donors (Lipinski definition) is 2. The fraction of sp³-hybridized carbons (Fsp3) is 0.500. The van der Waals surface area contributed by atoms with Crippen molar-refractivity contribution in [3.05, 3.63) is 24.2 Å². The summed E-state index contributed by atoms with van der Waals surface area (Å²) < 4.78 is 1.79. The highest BCUT2D eigenvalue weighted by molar-refractivity contribution is 5.60. The molecule has 0 saturated heterocycles. The third-order valence-electron chi connectivity index (χ3n) is 2.58. The molecule has 0 bridgehead atoms. The molecular formula is C12H19N5. The maximum absolute atomic E-state index is 4.17. The van der Waals surface area contributed by atoms with Gasteiger partial charge in [0.25, 0.3) is 0 Å². The van der Waals surface area contributed by atoms with Crippen molar-refractivity contribution < 1.29 is 0 Å². The molecule has 0 amide bonds. The normalized spacial score (nSPS) is 11.3. The first-order valence-corrected chi connectivity index (χ1v) is 5.89. The highest BCUT2D eigenvalue weighted by Gasteiger charge is 2.09. The molecule has 0 spiro atoms. The number of aromatic amines is 1. The van der Waals surface area contributed by atoms with Gasteiger partial charge in [-0.2, -0.15) is 10.2 Å². The summed E-state index contributed by atoms with van der Waals surface area (Å²) in [7, 11) is 1.91. The van der Waals surface area contributed by atoms with Crippen molar-refractivity contribution in [1.82, 2.24) is 25.3 Å². The lowest BCUT2D eigenvalue weighted by molar-refractivity contribution is 0.553. The van der Waals surface area contributed by atoms with Gasteiger partial charge in [0, 0.05) is 30.9 Å². The molecule has 0 unspecified atom stereocenters. The zero-order valence-corrected chi connectivity index (χ0v) is 10.6. The van der Waals surface area contributed by atoms with Gasteiger partial charge < -0.3 is 5.32 Å². The predicted molar refractivity (Wildman–Crippen MR) is 67.3 cm³/mol. The number of nitrogens with one attached hydrogen (secondary N) is 2. The molecule has 0 aromatic carbocycles. The second-order valence-electron chi connectivity index (χ2n) is 4.70. The van der Waals surface area contributed by atoms with Crippen LogP contribution in [0, 0.1) is 5.92 Å². The molecule has 5 heteroatoms. The van der Waals surface area contributed by atoms with E-state index in [2.05, 4.69) is 34.5 Å². The minimum atomic E-state index is 0.656. The maximum Gasteiger partial charge on any atom is 0.0726 e. The zero-order valence-electron chi connectivity index (χ0n) is 10.6. The largest absolute Gasteiger partial charge is 0.312 e. The Morgan fingerprint density at radius 3 is 2.88 bits per heavy atom. The van der Waals surface area contributed by atoms with Crippen LogP contribution in [-0.2, 0) is 13.6 Å². The van der Waals surface area contributed by atoms with Crippen LogP contribution in [0.4, 0.5) is 0 Å². The molecule has 2 N–H and O–H groups in total. The number of hydrogen-bond acceptors (Lipinski definition) is 3. The molecule has 0 radical (unpaired) electrons. The Labute approximate surface area is 101 Å². The van der Waals surface area contributed by atoms with E-state index in [0.29, 0.717) is 5.92 Å². The Morgan fingerprint density at radius 2 is 2.24 bits per heavy atom. The van der Waals surface area contributed by atoms with Crippen LogP contribution in [0.2, 0.25) is 0 Å². The second kappa shape index (κ2) is 5.14. The smallest absolute Gasteiger partial charge is 0.0726 e. The van der Waals surface area contributed by atoms with Crippen LogP contribution >= 0.6 is 0 Å². The van der Waals surface area contributed by atoms with E-state index in [0.717, 1.165) is 24.3 Å². The van der Waals surface area contributed by atoms with E-state index in [1.807, 2.05) is 25.6 Å². The molecule has 0 aliphatic heterocycles. The lowest BCUT2D eigenvalue weighted by Crippen LogP contribution is -2.19. The lowest BCUT2D eigenvalue weighted by Gasteiger charge is -2.06. The summed E-state index contributed by atoms with van der Waals surface area (Å²) in [5, 5.41) is 14.7. The van der Waals surface area contributed by atoms with Gasteiger partial charge in [0.05, 0.1) is 18.1 Å². The van der Waals surface area contributed by atoms with E-state index in [9.17, 15) is 0 Å². The summed E-state index contributed by atoms with van der Waals surface area (Å²) in [4.78, 5) is 0. The summed E-state index contributed by atoms with van der Waals surface area (Å²) in [5.41, 5.74) is 3.30. The molecule has 0 saturated carbocycles. The standard InChI is InChI=1S/C12H19N5/c1-9(2)4-13-5-10-6-14-16-12(10)11-7-15-17(3)8-11/h6-9,13H,4-5H2,1-3H3,(H,14,16). The predicted octanol–water partition coefficient (Wildman–Crippen LogP) is 1.56. The van der Waals surface area contributed by atoms with Crippen LogP contribution in [0.1, 0.15) is 19.4 Å². The van der Waals surface area contributed by atoms with Gasteiger partial charge in [-0.05, 0) is 12.5 Å². The average molecular weight is 233 g/mol. The van der Waals surface area contributed by atoms with Crippen molar-refractivity contribution in [2.75, 3.05) is 6.54 Å². The van der Waals surface area contributed by atoms with Crippen LogP contribution in [0.15, 0.2) is 18.6 Å². The fourth-order valence-corrected chi connectivity index (χ4v) is 1.74. The molecule has 2 rings (SSSR count). The van der Waals surface area contributed by atoms with Crippen LogP contribution in [0.25, 0.3) is 11.3 Å². The molecule has 2 aromatic heterocycles. The Bertz CT molecular complexity index is 469. The summed E-state index contributed by atoms with van der Waals surface area (Å²) in [6.07, 6.45) is 5.70. The Morgan fingerprint density at radius 1 is 1.41 bits per heavy atom. The van der Waals surface area contributed by atoms with Gasteiger partial charge in [-0.1, -0.05) is 13.8 Å². The van der Waals surface area contributed by atoms with Gasteiger partial charge in [-0.3, -0.25) is 9.78 Å². The summed E-state index contributed by atoms with van der Waals surface area (Å²) in [6.45, 7) is 6.24. The van der Waals surface area contributed by atoms with E-state index in [-0.39, 0.29) is 0 Å². The number of aromatic nitrogens is 4. The van der Waals surface area contributed by atoms with E-state index in [1.54, 1.807) is 4.68 Å². The van der Waals surface area contributed by atoms with Crippen molar-refractivity contribution in [1.29, 1.82) is 0 Å². The first-order chi connectivity index (χ1) is 8.16. The highest BCUT2D eigenvalue weighted by Crippen LogP contribution is 2.19. The monoisotopic (exact) mass is 233 g/mol. The third kappa shape index (κ3) is 2.94. The zero-order chi connectivity index (χ0) is 12.3. The number of H-pyrrole nitrogens is 1. The van der Waals surface area contributed by atoms with E-state index >= 15 is 0 Å². The van der Waals surface area contributed by atoms with Gasteiger partial charge in [0.1, 0.15) is 0 Å². The molecular weight excluding hydrogens is 214 g/mol. The van der Waals surface area contributed by atoms with Crippen molar-refractivity contribution in [2.24, 2.45) is 13.0 Å². The summed E-state index contributed by atoms with van der Waals surface area (Å²) >= 11 is 0. The molecule has 5 nitrogen and oxygen atoms in total. The van der Waals surface area contributed by atoms with Crippen LogP contribution in [-0.4, -0.2) is 26.5 Å². The first kappa shape index (κ1) is 11.9. The van der Waals surface area contributed by atoms with Crippen molar-refractivity contribution in [2.45, 2.75) is 20.4 Å². The number of aryl methyl sites for hydroxylation is 1. The van der Waals surface area contributed by atoms with Gasteiger partial charge in [0.2, 0.25) is 0 Å². The summed E-state index contributed by atoms with van der Waals surface area (Å²) in [5.74, 6) is 0.656.